The lowest BCUT2D eigenvalue weighted by Gasteiger charge is -2.18. The average molecular weight is 479 g/mol. The summed E-state index contributed by atoms with van der Waals surface area (Å²) in [5.41, 5.74) is 1.23. The van der Waals surface area contributed by atoms with E-state index in [1.165, 1.54) is 20.5 Å². The molecule has 2 atom stereocenters. The molecule has 0 spiro atoms. The SMILES string of the molecule is COC(=O)[C@H](Cc1ccccc1)NC(=O)c1nc[nH]c1C(=O)N[C@@H](Cc1ccccc1)C(=O)OC. The summed E-state index contributed by atoms with van der Waals surface area (Å²) in [5.74, 6) is -2.75. The number of hydrogen-bond acceptors (Lipinski definition) is 7. The Balaban J connectivity index is 1.75. The van der Waals surface area contributed by atoms with Crippen LogP contribution < -0.4 is 10.6 Å². The molecular formula is C25H26N4O6. The number of esters is 2. The maximum absolute atomic E-state index is 13.0. The minimum Gasteiger partial charge on any atom is -0.467 e. The number of methoxy groups -OCH3 is 2. The predicted octanol–water partition coefficient (Wildman–Crippen LogP) is 1.44. The van der Waals surface area contributed by atoms with E-state index >= 15 is 0 Å². The number of hydrogen-bond donors (Lipinski definition) is 3. The summed E-state index contributed by atoms with van der Waals surface area (Å²) in [6.07, 6.45) is 1.56. The molecule has 0 fully saturated rings. The molecule has 2 amide bonds. The molecule has 0 saturated heterocycles. The maximum Gasteiger partial charge on any atom is 0.328 e. The standard InChI is InChI=1S/C25H26N4O6/c1-34-24(32)18(13-16-9-5-3-6-10-16)28-22(30)20-21(27-15-26-20)23(31)29-19(25(33)35-2)14-17-11-7-4-8-12-17/h3-12,15,18-19H,13-14H2,1-2H3,(H,26,27)(H,28,30)(H,29,31)/t18-,19-/m0/s1. The van der Waals surface area contributed by atoms with E-state index in [0.29, 0.717) is 0 Å². The van der Waals surface area contributed by atoms with Gasteiger partial charge in [0.05, 0.1) is 20.5 Å². The topological polar surface area (TPSA) is 139 Å². The fourth-order valence-corrected chi connectivity index (χ4v) is 3.47. The highest BCUT2D eigenvalue weighted by Crippen LogP contribution is 2.10. The van der Waals surface area contributed by atoms with E-state index in [-0.39, 0.29) is 24.2 Å². The summed E-state index contributed by atoms with van der Waals surface area (Å²) in [4.78, 5) is 57.0. The number of amides is 2. The maximum atomic E-state index is 13.0. The Morgan fingerprint density at radius 1 is 0.771 bits per heavy atom. The van der Waals surface area contributed by atoms with Crippen molar-refractivity contribution in [2.24, 2.45) is 0 Å². The molecule has 10 nitrogen and oxygen atoms in total. The third kappa shape index (κ3) is 6.76. The second-order valence-electron chi connectivity index (χ2n) is 7.60. The van der Waals surface area contributed by atoms with Crippen LogP contribution >= 0.6 is 0 Å². The van der Waals surface area contributed by atoms with Gasteiger partial charge in [-0.1, -0.05) is 60.7 Å². The molecule has 35 heavy (non-hydrogen) atoms. The van der Waals surface area contributed by atoms with Gasteiger partial charge in [0.15, 0.2) is 5.69 Å². The minimum atomic E-state index is -0.997. The second kappa shape index (κ2) is 12.1. The first-order chi connectivity index (χ1) is 16.9. The summed E-state index contributed by atoms with van der Waals surface area (Å²) in [5, 5.41) is 5.16. The molecule has 0 aliphatic rings. The normalized spacial score (nSPS) is 12.2. The highest BCUT2D eigenvalue weighted by atomic mass is 16.5. The second-order valence-corrected chi connectivity index (χ2v) is 7.60. The zero-order valence-corrected chi connectivity index (χ0v) is 19.3. The lowest BCUT2D eigenvalue weighted by Crippen LogP contribution is -2.45. The van der Waals surface area contributed by atoms with Crippen LogP contribution in [0.5, 0.6) is 0 Å². The van der Waals surface area contributed by atoms with Gasteiger partial charge in [0.1, 0.15) is 17.8 Å². The fraction of sp³-hybridized carbons (Fsp3) is 0.240. The van der Waals surface area contributed by atoms with Crippen LogP contribution in [0.25, 0.3) is 0 Å². The lowest BCUT2D eigenvalue weighted by atomic mass is 10.1. The number of aromatic nitrogens is 2. The van der Waals surface area contributed by atoms with Crippen molar-refractivity contribution < 1.29 is 28.7 Å². The van der Waals surface area contributed by atoms with Crippen LogP contribution in [0.4, 0.5) is 0 Å². The van der Waals surface area contributed by atoms with Crippen LogP contribution in [-0.4, -0.2) is 60.0 Å². The van der Waals surface area contributed by atoms with Gasteiger partial charge in [0, 0.05) is 12.8 Å². The number of aromatic amines is 1. The Morgan fingerprint density at radius 3 is 1.69 bits per heavy atom. The van der Waals surface area contributed by atoms with E-state index in [2.05, 4.69) is 20.6 Å². The van der Waals surface area contributed by atoms with Crippen LogP contribution in [0.2, 0.25) is 0 Å². The van der Waals surface area contributed by atoms with E-state index in [1.54, 1.807) is 0 Å². The highest BCUT2D eigenvalue weighted by Gasteiger charge is 2.29. The Bertz CT molecular complexity index is 1070. The number of rotatable bonds is 10. The molecule has 3 rings (SSSR count). The highest BCUT2D eigenvalue weighted by molar-refractivity contribution is 6.06. The summed E-state index contributed by atoms with van der Waals surface area (Å²) in [7, 11) is 2.45. The van der Waals surface area contributed by atoms with Crippen molar-refractivity contribution in [2.45, 2.75) is 24.9 Å². The van der Waals surface area contributed by atoms with Gasteiger partial charge in [-0.3, -0.25) is 9.59 Å². The van der Waals surface area contributed by atoms with Crippen molar-refractivity contribution in [3.8, 4) is 0 Å². The molecule has 3 aromatic rings. The summed E-state index contributed by atoms with van der Waals surface area (Å²) < 4.78 is 9.63. The monoisotopic (exact) mass is 478 g/mol. The molecule has 0 bridgehead atoms. The van der Waals surface area contributed by atoms with Crippen LogP contribution in [0.1, 0.15) is 32.1 Å². The molecule has 0 unspecified atom stereocenters. The zero-order chi connectivity index (χ0) is 25.2. The number of nitrogens with zero attached hydrogens (tertiary/aromatic N) is 1. The van der Waals surface area contributed by atoms with Crippen molar-refractivity contribution in [3.63, 3.8) is 0 Å². The Kier molecular flexibility index (Phi) is 8.71. The van der Waals surface area contributed by atoms with Gasteiger partial charge in [-0.05, 0) is 11.1 Å². The number of carbonyl (C=O) groups excluding carboxylic acids is 4. The molecule has 3 N–H and O–H groups in total. The Hall–Kier alpha value is -4.47. The molecule has 10 heteroatoms. The first-order valence-electron chi connectivity index (χ1n) is 10.8. The number of nitrogens with one attached hydrogen (secondary N) is 3. The molecular weight excluding hydrogens is 452 g/mol. The van der Waals surface area contributed by atoms with Gasteiger partial charge >= 0.3 is 11.9 Å². The number of imidazole rings is 1. The first kappa shape index (κ1) is 25.2. The van der Waals surface area contributed by atoms with Crippen LogP contribution in [0.3, 0.4) is 0 Å². The third-order valence-corrected chi connectivity index (χ3v) is 5.23. The molecule has 0 aliphatic carbocycles. The third-order valence-electron chi connectivity index (χ3n) is 5.23. The van der Waals surface area contributed by atoms with Crippen LogP contribution in [0, 0.1) is 0 Å². The van der Waals surface area contributed by atoms with Gasteiger partial charge in [-0.25, -0.2) is 14.6 Å². The van der Waals surface area contributed by atoms with Crippen molar-refractivity contribution in [1.82, 2.24) is 20.6 Å². The van der Waals surface area contributed by atoms with Crippen molar-refractivity contribution in [1.29, 1.82) is 0 Å². The van der Waals surface area contributed by atoms with E-state index in [1.807, 2.05) is 60.7 Å². The van der Waals surface area contributed by atoms with Crippen LogP contribution in [-0.2, 0) is 31.9 Å². The predicted molar refractivity (Wildman–Crippen MR) is 125 cm³/mol. The van der Waals surface area contributed by atoms with E-state index < -0.39 is 35.8 Å². The van der Waals surface area contributed by atoms with E-state index in [0.717, 1.165) is 11.1 Å². The molecule has 1 aromatic heterocycles. The Morgan fingerprint density at radius 2 is 1.23 bits per heavy atom. The first-order valence-corrected chi connectivity index (χ1v) is 10.8. The molecule has 1 heterocycles. The molecule has 182 valence electrons. The molecule has 0 saturated carbocycles. The zero-order valence-electron chi connectivity index (χ0n) is 19.3. The molecule has 0 radical (unpaired) electrons. The number of benzene rings is 2. The number of H-pyrrole nitrogens is 1. The quantitative estimate of drug-likeness (QED) is 0.375. The largest absolute Gasteiger partial charge is 0.467 e. The van der Waals surface area contributed by atoms with E-state index in [4.69, 9.17) is 9.47 Å². The summed E-state index contributed by atoms with van der Waals surface area (Å²) >= 11 is 0. The van der Waals surface area contributed by atoms with Gasteiger partial charge in [0.2, 0.25) is 0 Å². The number of carbonyl (C=O) groups is 4. The summed E-state index contributed by atoms with van der Waals surface area (Å²) in [6, 6.07) is 16.2. The van der Waals surface area contributed by atoms with E-state index in [9.17, 15) is 19.2 Å². The molecule has 0 aliphatic heterocycles. The van der Waals surface area contributed by atoms with Crippen molar-refractivity contribution in [3.05, 3.63) is 89.5 Å². The summed E-state index contributed by atoms with van der Waals surface area (Å²) in [6.45, 7) is 0. The smallest absolute Gasteiger partial charge is 0.328 e. The lowest BCUT2D eigenvalue weighted by molar-refractivity contribution is -0.143. The number of ether oxygens (including phenoxy) is 2. The fourth-order valence-electron chi connectivity index (χ4n) is 3.47. The minimum absolute atomic E-state index is 0.159. The van der Waals surface area contributed by atoms with Gasteiger partial charge in [-0.15, -0.1) is 0 Å². The van der Waals surface area contributed by atoms with Crippen molar-refractivity contribution >= 4 is 23.8 Å². The van der Waals surface area contributed by atoms with Gasteiger partial charge in [0.25, 0.3) is 11.8 Å². The Labute approximate surface area is 202 Å². The average Bonchev–Trinajstić information content (AvgIpc) is 3.38. The van der Waals surface area contributed by atoms with Crippen LogP contribution in [0.15, 0.2) is 67.0 Å². The van der Waals surface area contributed by atoms with Gasteiger partial charge in [-0.2, -0.15) is 0 Å². The van der Waals surface area contributed by atoms with Gasteiger partial charge < -0.3 is 25.1 Å². The molecule has 2 aromatic carbocycles. The van der Waals surface area contributed by atoms with Crippen molar-refractivity contribution in [2.75, 3.05) is 14.2 Å².